The highest BCUT2D eigenvalue weighted by atomic mass is 16.5. The number of rotatable bonds is 4. The Morgan fingerprint density at radius 1 is 1.32 bits per heavy atom. The molecule has 0 saturated carbocycles. The van der Waals surface area contributed by atoms with Gasteiger partial charge in [0.25, 0.3) is 0 Å². The zero-order valence-electron chi connectivity index (χ0n) is 11.3. The summed E-state index contributed by atoms with van der Waals surface area (Å²) in [6, 6.07) is 6.77. The molecular weight excluding hydrogens is 238 g/mol. The van der Waals surface area contributed by atoms with Crippen LogP contribution in [0.3, 0.4) is 0 Å². The number of hydrogen-bond donors (Lipinski definition) is 3. The van der Waals surface area contributed by atoms with Crippen molar-refractivity contribution in [2.75, 3.05) is 26.2 Å². The van der Waals surface area contributed by atoms with Gasteiger partial charge in [0.1, 0.15) is 5.75 Å². The molecule has 1 saturated heterocycles. The van der Waals surface area contributed by atoms with Crippen LogP contribution >= 0.6 is 0 Å². The van der Waals surface area contributed by atoms with Gasteiger partial charge in [-0.2, -0.15) is 0 Å². The molecular formula is C15H21N3O. The summed E-state index contributed by atoms with van der Waals surface area (Å²) in [6.07, 6.45) is 3.17. The molecule has 3 rings (SSSR count). The third-order valence-corrected chi connectivity index (χ3v) is 3.64. The smallest absolute Gasteiger partial charge is 0.120 e. The maximum Gasteiger partial charge on any atom is 0.120 e. The molecule has 1 aliphatic rings. The van der Waals surface area contributed by atoms with E-state index in [0.29, 0.717) is 12.6 Å². The number of aromatic nitrogens is 1. The first-order valence-corrected chi connectivity index (χ1v) is 7.03. The van der Waals surface area contributed by atoms with Crippen LogP contribution in [0.25, 0.3) is 10.9 Å². The Bertz CT molecular complexity index is 543. The van der Waals surface area contributed by atoms with Crippen LogP contribution in [0.15, 0.2) is 24.4 Å². The minimum Gasteiger partial charge on any atom is -0.494 e. The predicted molar refractivity (Wildman–Crippen MR) is 77.8 cm³/mol. The van der Waals surface area contributed by atoms with Gasteiger partial charge in [0, 0.05) is 42.8 Å². The first-order chi connectivity index (χ1) is 9.36. The van der Waals surface area contributed by atoms with Crippen LogP contribution in [0, 0.1) is 0 Å². The number of ether oxygens (including phenoxy) is 1. The van der Waals surface area contributed by atoms with E-state index in [-0.39, 0.29) is 0 Å². The lowest BCUT2D eigenvalue weighted by atomic mass is 10.0. The average molecular weight is 259 g/mol. The molecule has 19 heavy (non-hydrogen) atoms. The zero-order valence-corrected chi connectivity index (χ0v) is 11.3. The second kappa shape index (κ2) is 5.63. The molecule has 2 heterocycles. The fourth-order valence-corrected chi connectivity index (χ4v) is 2.71. The fraction of sp³-hybridized carbons (Fsp3) is 0.467. The Kier molecular flexibility index (Phi) is 3.71. The van der Waals surface area contributed by atoms with E-state index in [0.717, 1.165) is 31.8 Å². The number of piperazine rings is 1. The molecule has 1 aromatic carbocycles. The Labute approximate surface area is 113 Å². The van der Waals surface area contributed by atoms with Gasteiger partial charge in [0.05, 0.1) is 6.61 Å². The van der Waals surface area contributed by atoms with E-state index >= 15 is 0 Å². The number of H-pyrrole nitrogens is 1. The minimum atomic E-state index is 0.517. The molecule has 0 amide bonds. The molecule has 1 aromatic heterocycles. The van der Waals surface area contributed by atoms with Gasteiger partial charge in [0.15, 0.2) is 0 Å². The molecule has 4 heteroatoms. The van der Waals surface area contributed by atoms with Crippen molar-refractivity contribution in [2.45, 2.75) is 19.4 Å². The monoisotopic (exact) mass is 259 g/mol. The van der Waals surface area contributed by atoms with Crippen molar-refractivity contribution >= 4 is 10.9 Å². The maximum atomic E-state index is 5.59. The van der Waals surface area contributed by atoms with Crippen LogP contribution in [0.5, 0.6) is 5.75 Å². The Hall–Kier alpha value is -1.52. The second-order valence-electron chi connectivity index (χ2n) is 5.01. The van der Waals surface area contributed by atoms with Crippen molar-refractivity contribution in [2.24, 2.45) is 0 Å². The summed E-state index contributed by atoms with van der Waals surface area (Å²) in [5, 5.41) is 8.26. The lowest BCUT2D eigenvalue weighted by molar-refractivity contribution is 0.340. The van der Waals surface area contributed by atoms with Crippen LogP contribution < -0.4 is 15.4 Å². The van der Waals surface area contributed by atoms with Crippen LogP contribution in [0.1, 0.15) is 12.5 Å². The molecule has 0 spiro atoms. The van der Waals surface area contributed by atoms with E-state index in [1.807, 2.05) is 13.0 Å². The van der Waals surface area contributed by atoms with Crippen molar-refractivity contribution in [3.8, 4) is 5.75 Å². The van der Waals surface area contributed by atoms with Gasteiger partial charge in [-0.1, -0.05) is 0 Å². The molecule has 0 aliphatic carbocycles. The number of nitrogens with one attached hydrogen (secondary N) is 3. The Morgan fingerprint density at radius 3 is 3.05 bits per heavy atom. The summed E-state index contributed by atoms with van der Waals surface area (Å²) in [4.78, 5) is 3.34. The molecule has 3 N–H and O–H groups in total. The molecule has 102 valence electrons. The summed E-state index contributed by atoms with van der Waals surface area (Å²) >= 11 is 0. The maximum absolute atomic E-state index is 5.59. The predicted octanol–water partition coefficient (Wildman–Crippen LogP) is 1.67. The molecule has 1 aliphatic heterocycles. The molecule has 1 unspecified atom stereocenters. The van der Waals surface area contributed by atoms with Gasteiger partial charge < -0.3 is 20.4 Å². The van der Waals surface area contributed by atoms with Crippen molar-refractivity contribution in [1.29, 1.82) is 0 Å². The third kappa shape index (κ3) is 2.74. The van der Waals surface area contributed by atoms with Crippen molar-refractivity contribution in [3.63, 3.8) is 0 Å². The Balaban J connectivity index is 1.83. The highest BCUT2D eigenvalue weighted by molar-refractivity contribution is 5.84. The summed E-state index contributed by atoms with van der Waals surface area (Å²) in [6.45, 7) is 5.88. The van der Waals surface area contributed by atoms with E-state index < -0.39 is 0 Å². The highest BCUT2D eigenvalue weighted by Gasteiger charge is 2.15. The molecule has 0 bridgehead atoms. The van der Waals surface area contributed by atoms with Gasteiger partial charge in [-0.15, -0.1) is 0 Å². The zero-order chi connectivity index (χ0) is 13.1. The normalized spacial score (nSPS) is 19.7. The van der Waals surface area contributed by atoms with Gasteiger partial charge in [0.2, 0.25) is 0 Å². The van der Waals surface area contributed by atoms with Crippen LogP contribution in [0.2, 0.25) is 0 Å². The summed E-state index contributed by atoms with van der Waals surface area (Å²) in [5.41, 5.74) is 2.54. The lowest BCUT2D eigenvalue weighted by Gasteiger charge is -2.24. The van der Waals surface area contributed by atoms with Crippen LogP contribution in [-0.4, -0.2) is 37.3 Å². The second-order valence-corrected chi connectivity index (χ2v) is 5.01. The highest BCUT2D eigenvalue weighted by Crippen LogP contribution is 2.24. The molecule has 4 nitrogen and oxygen atoms in total. The van der Waals surface area contributed by atoms with Crippen molar-refractivity contribution in [1.82, 2.24) is 15.6 Å². The van der Waals surface area contributed by atoms with Crippen LogP contribution in [0.4, 0.5) is 0 Å². The van der Waals surface area contributed by atoms with E-state index in [1.165, 1.54) is 16.5 Å². The SMILES string of the molecule is CCOc1ccc2[nH]cc(CC3CNCCN3)c2c1. The van der Waals surface area contributed by atoms with Crippen LogP contribution in [-0.2, 0) is 6.42 Å². The topological polar surface area (TPSA) is 49.1 Å². The molecule has 2 aromatic rings. The number of hydrogen-bond acceptors (Lipinski definition) is 3. The van der Waals surface area contributed by atoms with E-state index in [2.05, 4.69) is 33.9 Å². The summed E-state index contributed by atoms with van der Waals surface area (Å²) in [7, 11) is 0. The van der Waals surface area contributed by atoms with Gasteiger partial charge in [-0.25, -0.2) is 0 Å². The number of aromatic amines is 1. The van der Waals surface area contributed by atoms with Crippen molar-refractivity contribution in [3.05, 3.63) is 30.0 Å². The first kappa shape index (κ1) is 12.5. The fourth-order valence-electron chi connectivity index (χ4n) is 2.71. The van der Waals surface area contributed by atoms with Crippen molar-refractivity contribution < 1.29 is 4.74 Å². The standard InChI is InChI=1S/C15H21N3O/c1-2-19-13-3-4-15-14(8-13)11(9-18-15)7-12-10-16-5-6-17-12/h3-4,8-9,12,16-18H,2,5-7,10H2,1H3. The summed E-state index contributed by atoms with van der Waals surface area (Å²) < 4.78 is 5.59. The average Bonchev–Trinajstić information content (AvgIpc) is 2.83. The van der Waals surface area contributed by atoms with E-state index in [4.69, 9.17) is 4.74 Å². The van der Waals surface area contributed by atoms with E-state index in [9.17, 15) is 0 Å². The number of benzene rings is 1. The third-order valence-electron chi connectivity index (χ3n) is 3.64. The van der Waals surface area contributed by atoms with Gasteiger partial charge >= 0.3 is 0 Å². The largest absolute Gasteiger partial charge is 0.494 e. The first-order valence-electron chi connectivity index (χ1n) is 7.03. The molecule has 0 radical (unpaired) electrons. The Morgan fingerprint density at radius 2 is 2.26 bits per heavy atom. The lowest BCUT2D eigenvalue weighted by Crippen LogP contribution is -2.49. The molecule has 1 fully saturated rings. The van der Waals surface area contributed by atoms with E-state index in [1.54, 1.807) is 0 Å². The minimum absolute atomic E-state index is 0.517. The summed E-state index contributed by atoms with van der Waals surface area (Å²) in [5.74, 6) is 0.950. The van der Waals surface area contributed by atoms with Gasteiger partial charge in [-0.05, 0) is 37.1 Å². The quantitative estimate of drug-likeness (QED) is 0.783. The van der Waals surface area contributed by atoms with Gasteiger partial charge in [-0.3, -0.25) is 0 Å². The number of fused-ring (bicyclic) bond motifs is 1. The molecule has 1 atom stereocenters.